The highest BCUT2D eigenvalue weighted by Gasteiger charge is 2.51. The molecule has 0 saturated heterocycles. The highest BCUT2D eigenvalue weighted by atomic mass is 19.1. The molecule has 1 unspecified atom stereocenters. The molecule has 94 valence electrons. The Morgan fingerprint density at radius 1 is 1.18 bits per heavy atom. The number of benzene rings is 1. The Labute approximate surface area is 100 Å². The van der Waals surface area contributed by atoms with E-state index in [0.717, 1.165) is 12.8 Å². The topological polar surface area (TPSA) is 20.2 Å². The minimum absolute atomic E-state index is 0.153. The summed E-state index contributed by atoms with van der Waals surface area (Å²) >= 11 is 0. The molecular weight excluding hydrogens is 222 g/mol. The number of aliphatic hydroxyl groups is 1. The summed E-state index contributed by atoms with van der Waals surface area (Å²) in [7, 11) is 0. The molecule has 0 radical (unpaired) electrons. The Morgan fingerprint density at radius 3 is 2.35 bits per heavy atom. The van der Waals surface area contributed by atoms with E-state index in [1.165, 1.54) is 12.1 Å². The lowest BCUT2D eigenvalue weighted by Crippen LogP contribution is -2.38. The van der Waals surface area contributed by atoms with Crippen molar-refractivity contribution in [2.45, 2.75) is 45.6 Å². The van der Waals surface area contributed by atoms with Crippen LogP contribution in [0.25, 0.3) is 0 Å². The van der Waals surface area contributed by atoms with Gasteiger partial charge in [0.05, 0.1) is 5.56 Å². The van der Waals surface area contributed by atoms with Crippen LogP contribution >= 0.6 is 0 Å². The maximum Gasteiger partial charge on any atom is 0.135 e. The third kappa shape index (κ3) is 1.68. The molecule has 1 fully saturated rings. The van der Waals surface area contributed by atoms with E-state index in [2.05, 4.69) is 0 Å². The summed E-state index contributed by atoms with van der Waals surface area (Å²) in [5.74, 6) is -1.26. The van der Waals surface area contributed by atoms with Crippen LogP contribution in [-0.4, -0.2) is 5.11 Å². The lowest BCUT2D eigenvalue weighted by atomic mass is 9.73. The summed E-state index contributed by atoms with van der Waals surface area (Å²) in [4.78, 5) is 0. The third-order valence-electron chi connectivity index (χ3n) is 4.16. The smallest absolute Gasteiger partial charge is 0.135 e. The second-order valence-electron chi connectivity index (χ2n) is 5.65. The van der Waals surface area contributed by atoms with Crippen LogP contribution in [0, 0.1) is 24.0 Å². The Bertz CT molecular complexity index is 454. The molecule has 0 aliphatic heterocycles. The largest absolute Gasteiger partial charge is 0.384 e. The molecule has 1 atom stereocenters. The summed E-state index contributed by atoms with van der Waals surface area (Å²) in [6.45, 7) is 5.31. The first-order valence-electron chi connectivity index (χ1n) is 5.97. The molecule has 1 nitrogen and oxygen atoms in total. The molecule has 1 aromatic rings. The van der Waals surface area contributed by atoms with E-state index in [-0.39, 0.29) is 5.56 Å². The lowest BCUT2D eigenvalue weighted by Gasteiger charge is -2.37. The van der Waals surface area contributed by atoms with Crippen molar-refractivity contribution >= 4 is 0 Å². The van der Waals surface area contributed by atoms with E-state index in [1.807, 2.05) is 13.8 Å². The van der Waals surface area contributed by atoms with Gasteiger partial charge in [0.25, 0.3) is 0 Å². The van der Waals surface area contributed by atoms with E-state index < -0.39 is 22.7 Å². The second kappa shape index (κ2) is 3.77. The Kier molecular flexibility index (Phi) is 2.77. The van der Waals surface area contributed by atoms with Gasteiger partial charge in [-0.1, -0.05) is 19.9 Å². The van der Waals surface area contributed by atoms with Crippen LogP contribution in [0.5, 0.6) is 0 Å². The fourth-order valence-electron chi connectivity index (χ4n) is 2.83. The van der Waals surface area contributed by atoms with Gasteiger partial charge in [-0.05, 0) is 43.2 Å². The van der Waals surface area contributed by atoms with Crippen LogP contribution in [0.15, 0.2) is 12.1 Å². The van der Waals surface area contributed by atoms with Crippen LogP contribution < -0.4 is 0 Å². The van der Waals surface area contributed by atoms with Gasteiger partial charge in [-0.25, -0.2) is 8.78 Å². The zero-order valence-electron chi connectivity index (χ0n) is 10.5. The maximum absolute atomic E-state index is 14.1. The Hall–Kier alpha value is -0.960. The SMILES string of the molecule is Cc1ccc(F)c(C2(O)CCCC2(C)C)c1F. The molecule has 1 aliphatic rings. The van der Waals surface area contributed by atoms with E-state index in [9.17, 15) is 13.9 Å². The van der Waals surface area contributed by atoms with Crippen LogP contribution in [0.1, 0.15) is 44.2 Å². The minimum Gasteiger partial charge on any atom is -0.384 e. The van der Waals surface area contributed by atoms with Gasteiger partial charge >= 0.3 is 0 Å². The molecule has 17 heavy (non-hydrogen) atoms. The predicted octanol–water partition coefficient (Wildman–Crippen LogP) is 3.67. The van der Waals surface area contributed by atoms with Gasteiger partial charge in [0, 0.05) is 0 Å². The molecule has 0 amide bonds. The molecule has 3 heteroatoms. The average molecular weight is 240 g/mol. The Balaban J connectivity index is 2.65. The normalized spacial score (nSPS) is 27.4. The van der Waals surface area contributed by atoms with Crippen molar-refractivity contribution in [3.05, 3.63) is 34.9 Å². The van der Waals surface area contributed by atoms with Crippen molar-refractivity contribution in [1.82, 2.24) is 0 Å². The molecule has 1 N–H and O–H groups in total. The number of halogens is 2. The molecule has 1 aliphatic carbocycles. The summed E-state index contributed by atoms with van der Waals surface area (Å²) in [5.41, 5.74) is -1.67. The van der Waals surface area contributed by atoms with Crippen molar-refractivity contribution in [2.75, 3.05) is 0 Å². The van der Waals surface area contributed by atoms with E-state index in [0.29, 0.717) is 12.0 Å². The third-order valence-corrected chi connectivity index (χ3v) is 4.16. The van der Waals surface area contributed by atoms with Crippen molar-refractivity contribution in [1.29, 1.82) is 0 Å². The first-order valence-corrected chi connectivity index (χ1v) is 5.97. The van der Waals surface area contributed by atoms with Gasteiger partial charge in [0.2, 0.25) is 0 Å². The molecule has 0 aromatic heterocycles. The van der Waals surface area contributed by atoms with Gasteiger partial charge in [-0.15, -0.1) is 0 Å². The molecule has 1 saturated carbocycles. The fourth-order valence-corrected chi connectivity index (χ4v) is 2.83. The summed E-state index contributed by atoms with van der Waals surface area (Å²) < 4.78 is 28.0. The minimum atomic E-state index is -1.40. The summed E-state index contributed by atoms with van der Waals surface area (Å²) in [5, 5.41) is 10.7. The summed E-state index contributed by atoms with van der Waals surface area (Å²) in [6.07, 6.45) is 1.98. The van der Waals surface area contributed by atoms with Crippen LogP contribution in [-0.2, 0) is 5.60 Å². The zero-order chi connectivity index (χ0) is 12.8. The second-order valence-corrected chi connectivity index (χ2v) is 5.65. The average Bonchev–Trinajstić information content (AvgIpc) is 2.49. The highest BCUT2D eigenvalue weighted by Crippen LogP contribution is 2.53. The molecular formula is C14H18F2O. The monoisotopic (exact) mass is 240 g/mol. The first kappa shape index (κ1) is 12.5. The van der Waals surface area contributed by atoms with Gasteiger partial charge < -0.3 is 5.11 Å². The number of hydrogen-bond donors (Lipinski definition) is 1. The van der Waals surface area contributed by atoms with Gasteiger partial charge in [0.15, 0.2) is 0 Å². The molecule has 1 aromatic carbocycles. The lowest BCUT2D eigenvalue weighted by molar-refractivity contribution is -0.0541. The van der Waals surface area contributed by atoms with E-state index >= 15 is 0 Å². The quantitative estimate of drug-likeness (QED) is 0.794. The van der Waals surface area contributed by atoms with E-state index in [4.69, 9.17) is 0 Å². The maximum atomic E-state index is 14.1. The zero-order valence-corrected chi connectivity index (χ0v) is 10.5. The van der Waals surface area contributed by atoms with Crippen LogP contribution in [0.3, 0.4) is 0 Å². The molecule has 0 bridgehead atoms. The van der Waals surface area contributed by atoms with Crippen molar-refractivity contribution in [2.24, 2.45) is 5.41 Å². The van der Waals surface area contributed by atoms with Crippen molar-refractivity contribution in [3.63, 3.8) is 0 Å². The molecule has 0 heterocycles. The van der Waals surface area contributed by atoms with Gasteiger partial charge in [-0.3, -0.25) is 0 Å². The van der Waals surface area contributed by atoms with E-state index in [1.54, 1.807) is 6.92 Å². The predicted molar refractivity (Wildman–Crippen MR) is 62.6 cm³/mol. The van der Waals surface area contributed by atoms with Crippen molar-refractivity contribution < 1.29 is 13.9 Å². The van der Waals surface area contributed by atoms with Crippen molar-refractivity contribution in [3.8, 4) is 0 Å². The fraction of sp³-hybridized carbons (Fsp3) is 0.571. The first-order chi connectivity index (χ1) is 7.79. The molecule has 2 rings (SSSR count). The number of aryl methyl sites for hydroxylation is 1. The van der Waals surface area contributed by atoms with Crippen LogP contribution in [0.2, 0.25) is 0 Å². The summed E-state index contributed by atoms with van der Waals surface area (Å²) in [6, 6.07) is 2.64. The van der Waals surface area contributed by atoms with Gasteiger partial charge in [0.1, 0.15) is 17.2 Å². The molecule has 0 spiro atoms. The standard InChI is InChI=1S/C14H18F2O/c1-9-5-6-10(15)11(12(9)16)14(17)8-4-7-13(14,2)3/h5-6,17H,4,7-8H2,1-3H3. The number of hydrogen-bond acceptors (Lipinski definition) is 1. The Morgan fingerprint density at radius 2 is 1.82 bits per heavy atom. The highest BCUT2D eigenvalue weighted by molar-refractivity contribution is 5.34. The number of rotatable bonds is 1. The van der Waals surface area contributed by atoms with Gasteiger partial charge in [-0.2, -0.15) is 0 Å². The van der Waals surface area contributed by atoms with Crippen LogP contribution in [0.4, 0.5) is 8.78 Å².